The zero-order chi connectivity index (χ0) is 13.8. The van der Waals surface area contributed by atoms with Gasteiger partial charge >= 0.3 is 0 Å². The molecule has 0 radical (unpaired) electrons. The first-order chi connectivity index (χ1) is 9.08. The van der Waals surface area contributed by atoms with E-state index in [1.54, 1.807) is 12.1 Å². The molecule has 1 aromatic carbocycles. The number of fused-ring (bicyclic) bond motifs is 1. The topological polar surface area (TPSA) is 80.9 Å². The third-order valence-electron chi connectivity index (χ3n) is 2.70. The summed E-state index contributed by atoms with van der Waals surface area (Å²) in [4.78, 5) is 11.9. The Labute approximate surface area is 120 Å². The summed E-state index contributed by atoms with van der Waals surface area (Å²) < 4.78 is 8.27. The van der Waals surface area contributed by atoms with Crippen molar-refractivity contribution in [1.29, 1.82) is 0 Å². The van der Waals surface area contributed by atoms with Gasteiger partial charge in [0.15, 0.2) is 0 Å². The van der Waals surface area contributed by atoms with Crippen LogP contribution in [0, 0.1) is 0 Å². The van der Waals surface area contributed by atoms with E-state index >= 15 is 0 Å². The molecule has 0 saturated heterocycles. The molecule has 1 heterocycles. The number of nitrogens with zero attached hydrogens (tertiary/aromatic N) is 2. The molecule has 1 unspecified atom stereocenters. The average Bonchev–Trinajstić information content (AvgIpc) is 2.81. The number of halogens is 1. The lowest BCUT2D eigenvalue weighted by atomic mass is 10.1. The summed E-state index contributed by atoms with van der Waals surface area (Å²) in [5, 5.41) is 3.28. The third kappa shape index (κ3) is 3.62. The molecule has 0 spiro atoms. The highest BCUT2D eigenvalue weighted by Crippen LogP contribution is 2.30. The molecule has 0 fully saturated rings. The van der Waals surface area contributed by atoms with Crippen LogP contribution in [0.3, 0.4) is 0 Å². The maximum Gasteiger partial charge on any atom is 0.224 e. The van der Waals surface area contributed by atoms with Gasteiger partial charge in [0, 0.05) is 12.5 Å². The zero-order valence-electron chi connectivity index (χ0n) is 10.5. The van der Waals surface area contributed by atoms with Gasteiger partial charge in [0.2, 0.25) is 5.91 Å². The SMILES string of the molecule is CC(N)CCCC(=O)Nc1c(Cl)ccc2nsnc12. The van der Waals surface area contributed by atoms with Crippen molar-refractivity contribution in [2.75, 3.05) is 5.32 Å². The van der Waals surface area contributed by atoms with Gasteiger partial charge in [-0.25, -0.2) is 0 Å². The largest absolute Gasteiger partial charge is 0.328 e. The second kappa shape index (κ2) is 6.27. The number of rotatable bonds is 5. The van der Waals surface area contributed by atoms with Gasteiger partial charge < -0.3 is 11.1 Å². The first-order valence-electron chi connectivity index (χ1n) is 6.04. The summed E-state index contributed by atoms with van der Waals surface area (Å²) in [5.74, 6) is -0.0805. The van der Waals surface area contributed by atoms with Crippen molar-refractivity contribution < 1.29 is 4.79 Å². The number of carbonyl (C=O) groups excluding carboxylic acids is 1. The number of carbonyl (C=O) groups is 1. The molecule has 1 atom stereocenters. The predicted molar refractivity (Wildman–Crippen MR) is 78.6 cm³/mol. The van der Waals surface area contributed by atoms with Crippen molar-refractivity contribution in [2.24, 2.45) is 5.73 Å². The summed E-state index contributed by atoms with van der Waals surface area (Å²) >= 11 is 7.19. The molecule has 0 aliphatic heterocycles. The second-order valence-electron chi connectivity index (χ2n) is 4.47. The standard InChI is InChI=1S/C12H15ClN4OS/c1-7(14)3-2-4-10(18)15-11-8(13)5-6-9-12(11)17-19-16-9/h5-7H,2-4,14H2,1H3,(H,15,18). The Kier molecular flexibility index (Phi) is 4.68. The van der Waals surface area contributed by atoms with Crippen LogP contribution in [0.15, 0.2) is 12.1 Å². The van der Waals surface area contributed by atoms with Crippen molar-refractivity contribution in [2.45, 2.75) is 32.2 Å². The smallest absolute Gasteiger partial charge is 0.224 e. The van der Waals surface area contributed by atoms with Gasteiger partial charge in [0.1, 0.15) is 11.0 Å². The highest BCUT2D eigenvalue weighted by atomic mass is 35.5. The van der Waals surface area contributed by atoms with E-state index in [0.717, 1.165) is 30.1 Å². The van der Waals surface area contributed by atoms with Crippen LogP contribution in [0.5, 0.6) is 0 Å². The molecular formula is C12H15ClN4OS. The lowest BCUT2D eigenvalue weighted by Crippen LogP contribution is -2.17. The molecule has 0 aliphatic carbocycles. The summed E-state index contributed by atoms with van der Waals surface area (Å²) in [5.41, 5.74) is 7.56. The fourth-order valence-corrected chi connectivity index (χ4v) is 2.47. The van der Waals surface area contributed by atoms with Gasteiger partial charge in [-0.3, -0.25) is 4.79 Å². The van der Waals surface area contributed by atoms with Crippen LogP contribution in [0.2, 0.25) is 5.02 Å². The lowest BCUT2D eigenvalue weighted by molar-refractivity contribution is -0.116. The maximum atomic E-state index is 11.9. The quantitative estimate of drug-likeness (QED) is 0.889. The van der Waals surface area contributed by atoms with Gasteiger partial charge in [-0.05, 0) is 31.9 Å². The molecule has 0 bridgehead atoms. The van der Waals surface area contributed by atoms with E-state index in [1.165, 1.54) is 0 Å². The summed E-state index contributed by atoms with van der Waals surface area (Å²) in [7, 11) is 0. The fourth-order valence-electron chi connectivity index (χ4n) is 1.73. The molecule has 0 saturated carbocycles. The minimum absolute atomic E-state index is 0.0805. The Balaban J connectivity index is 2.06. The van der Waals surface area contributed by atoms with Gasteiger partial charge in [0.05, 0.1) is 22.4 Å². The van der Waals surface area contributed by atoms with Crippen LogP contribution < -0.4 is 11.1 Å². The monoisotopic (exact) mass is 298 g/mol. The molecule has 7 heteroatoms. The molecule has 19 heavy (non-hydrogen) atoms. The van der Waals surface area contributed by atoms with Crippen LogP contribution in [-0.4, -0.2) is 20.7 Å². The molecule has 3 N–H and O–H groups in total. The summed E-state index contributed by atoms with van der Waals surface area (Å²) in [6, 6.07) is 3.61. The molecular weight excluding hydrogens is 284 g/mol. The van der Waals surface area contributed by atoms with E-state index < -0.39 is 0 Å². The molecule has 0 aliphatic rings. The number of anilines is 1. The average molecular weight is 299 g/mol. The van der Waals surface area contributed by atoms with Crippen LogP contribution in [-0.2, 0) is 4.79 Å². The Morgan fingerprint density at radius 1 is 1.53 bits per heavy atom. The van der Waals surface area contributed by atoms with Crippen molar-refractivity contribution >= 4 is 46.0 Å². The molecule has 1 amide bonds. The minimum atomic E-state index is -0.0805. The Bertz CT molecular complexity index is 584. The van der Waals surface area contributed by atoms with Crippen LogP contribution in [0.4, 0.5) is 5.69 Å². The van der Waals surface area contributed by atoms with Crippen molar-refractivity contribution in [3.05, 3.63) is 17.2 Å². The van der Waals surface area contributed by atoms with Crippen LogP contribution >= 0.6 is 23.3 Å². The van der Waals surface area contributed by atoms with Crippen LogP contribution in [0.25, 0.3) is 11.0 Å². The third-order valence-corrected chi connectivity index (χ3v) is 3.56. The van der Waals surface area contributed by atoms with E-state index in [1.807, 2.05) is 6.92 Å². The van der Waals surface area contributed by atoms with Crippen molar-refractivity contribution in [3.63, 3.8) is 0 Å². The molecule has 2 rings (SSSR count). The van der Waals surface area contributed by atoms with E-state index in [-0.39, 0.29) is 11.9 Å². The zero-order valence-corrected chi connectivity index (χ0v) is 12.1. The van der Waals surface area contributed by atoms with E-state index in [0.29, 0.717) is 22.6 Å². The minimum Gasteiger partial charge on any atom is -0.328 e. The van der Waals surface area contributed by atoms with Crippen LogP contribution in [0.1, 0.15) is 26.2 Å². The molecule has 2 aromatic rings. The number of nitrogens with two attached hydrogens (primary N) is 1. The highest BCUT2D eigenvalue weighted by molar-refractivity contribution is 7.00. The van der Waals surface area contributed by atoms with Gasteiger partial charge in [-0.15, -0.1) is 0 Å². The molecule has 102 valence electrons. The number of hydrogen-bond donors (Lipinski definition) is 2. The Hall–Kier alpha value is -1.24. The summed E-state index contributed by atoms with van der Waals surface area (Å²) in [6.45, 7) is 1.93. The van der Waals surface area contributed by atoms with Crippen molar-refractivity contribution in [1.82, 2.24) is 8.75 Å². The van der Waals surface area contributed by atoms with Gasteiger partial charge in [0.25, 0.3) is 0 Å². The van der Waals surface area contributed by atoms with E-state index in [2.05, 4.69) is 14.1 Å². The Morgan fingerprint density at radius 2 is 2.32 bits per heavy atom. The number of nitrogens with one attached hydrogen (secondary N) is 1. The number of benzene rings is 1. The maximum absolute atomic E-state index is 11.9. The summed E-state index contributed by atoms with van der Waals surface area (Å²) in [6.07, 6.45) is 2.00. The number of hydrogen-bond acceptors (Lipinski definition) is 5. The number of amides is 1. The van der Waals surface area contributed by atoms with E-state index in [9.17, 15) is 4.79 Å². The lowest BCUT2D eigenvalue weighted by Gasteiger charge is -2.08. The normalized spacial score (nSPS) is 12.6. The second-order valence-corrected chi connectivity index (χ2v) is 5.41. The molecule has 1 aromatic heterocycles. The highest BCUT2D eigenvalue weighted by Gasteiger charge is 2.12. The number of aromatic nitrogens is 2. The Morgan fingerprint density at radius 3 is 3.05 bits per heavy atom. The predicted octanol–water partition coefficient (Wildman–Crippen LogP) is 2.80. The van der Waals surface area contributed by atoms with Crippen molar-refractivity contribution in [3.8, 4) is 0 Å². The first kappa shape index (κ1) is 14.2. The first-order valence-corrected chi connectivity index (χ1v) is 7.15. The van der Waals surface area contributed by atoms with Gasteiger partial charge in [-0.1, -0.05) is 11.6 Å². The van der Waals surface area contributed by atoms with E-state index in [4.69, 9.17) is 17.3 Å². The molecule has 5 nitrogen and oxygen atoms in total. The fraction of sp³-hybridized carbons (Fsp3) is 0.417. The van der Waals surface area contributed by atoms with Gasteiger partial charge in [-0.2, -0.15) is 8.75 Å².